The fraction of sp³-hybridized carbons (Fsp3) is 0.897. The first-order chi connectivity index (χ1) is 14.7. The van der Waals surface area contributed by atoms with Gasteiger partial charge in [0, 0.05) is 10.3 Å². The van der Waals surface area contributed by atoms with E-state index in [1.165, 1.54) is 63.4 Å². The normalized spacial score (nSPS) is 43.3. The molecule has 0 saturated heterocycles. The zero-order chi connectivity index (χ0) is 22.4. The van der Waals surface area contributed by atoms with Crippen molar-refractivity contribution in [3.63, 3.8) is 0 Å². The highest BCUT2D eigenvalue weighted by Crippen LogP contribution is 2.68. The molecule has 1 nitrogen and oxygen atoms in total. The Balaban J connectivity index is 1.50. The van der Waals surface area contributed by atoms with Gasteiger partial charge in [0.1, 0.15) is 0 Å². The van der Waals surface area contributed by atoms with Crippen LogP contribution in [0.2, 0.25) is 0 Å². The minimum Gasteiger partial charge on any atom is -0.295 e. The molecule has 0 unspecified atom stereocenters. The molecule has 0 N–H and O–H groups in total. The van der Waals surface area contributed by atoms with Gasteiger partial charge in [-0.25, -0.2) is 0 Å². The number of fused-ring (bicyclic) bond motifs is 5. The van der Waals surface area contributed by atoms with Crippen LogP contribution in [-0.2, 0) is 4.79 Å². The third-order valence-corrected chi connectivity index (χ3v) is 11.4. The first-order valence-corrected chi connectivity index (χ1v) is 15.0. The molecule has 176 valence electrons. The molecule has 8 atom stereocenters. The smallest absolute Gasteiger partial charge is 0.158 e. The van der Waals surface area contributed by atoms with Crippen LogP contribution in [0.4, 0.5) is 0 Å². The Hall–Kier alpha value is 0.140. The maximum Gasteiger partial charge on any atom is 0.158 e. The highest BCUT2D eigenvalue weighted by molar-refractivity contribution is 14.1. The van der Waals surface area contributed by atoms with Gasteiger partial charge in [-0.05, 0) is 104 Å². The highest BCUT2D eigenvalue weighted by atomic mass is 127. The van der Waals surface area contributed by atoms with E-state index >= 15 is 0 Å². The second-order valence-electron chi connectivity index (χ2n) is 12.8. The molecular formula is C29H47IO. The lowest BCUT2D eigenvalue weighted by atomic mass is 9.45. The van der Waals surface area contributed by atoms with E-state index in [1.54, 1.807) is 0 Å². The Morgan fingerprint density at radius 3 is 2.55 bits per heavy atom. The summed E-state index contributed by atoms with van der Waals surface area (Å²) in [7, 11) is 0. The second kappa shape index (κ2) is 9.41. The van der Waals surface area contributed by atoms with E-state index < -0.39 is 0 Å². The molecule has 4 aliphatic carbocycles. The number of allylic oxidation sites excluding steroid dienone is 1. The minimum atomic E-state index is 0.287. The van der Waals surface area contributed by atoms with E-state index in [4.69, 9.17) is 0 Å². The van der Waals surface area contributed by atoms with Crippen molar-refractivity contribution < 1.29 is 4.79 Å². The molecule has 0 aromatic heterocycles. The third kappa shape index (κ3) is 4.34. The molecule has 0 spiro atoms. The maximum atomic E-state index is 12.7. The molecule has 0 bridgehead atoms. The van der Waals surface area contributed by atoms with Gasteiger partial charge < -0.3 is 0 Å². The van der Waals surface area contributed by atoms with Crippen LogP contribution < -0.4 is 0 Å². The molecule has 3 fully saturated rings. The first kappa shape index (κ1) is 24.3. The number of halogens is 1. The van der Waals surface area contributed by atoms with Gasteiger partial charge in [0.25, 0.3) is 0 Å². The number of hydrogen-bond acceptors (Lipinski definition) is 1. The first-order valence-electron chi connectivity index (χ1n) is 13.5. The van der Waals surface area contributed by atoms with Crippen molar-refractivity contribution in [3.05, 3.63) is 11.6 Å². The summed E-state index contributed by atoms with van der Waals surface area (Å²) in [6.45, 7) is 12.6. The zero-order valence-corrected chi connectivity index (χ0v) is 23.0. The topological polar surface area (TPSA) is 17.1 Å². The molecule has 4 rings (SSSR count). The second-order valence-corrected chi connectivity index (χ2v) is 13.9. The Morgan fingerprint density at radius 2 is 1.84 bits per heavy atom. The van der Waals surface area contributed by atoms with E-state index in [-0.39, 0.29) is 5.92 Å². The van der Waals surface area contributed by atoms with E-state index in [0.29, 0.717) is 16.6 Å². The summed E-state index contributed by atoms with van der Waals surface area (Å²) in [5.41, 5.74) is 2.40. The van der Waals surface area contributed by atoms with Gasteiger partial charge in [0.2, 0.25) is 0 Å². The van der Waals surface area contributed by atoms with Crippen molar-refractivity contribution in [1.82, 2.24) is 0 Å². The highest BCUT2D eigenvalue weighted by Gasteiger charge is 2.59. The Morgan fingerprint density at radius 1 is 1.06 bits per heavy atom. The standard InChI is InChI=1S/C29H47IO/c1-19(2)7-6-8-20(3)24-11-12-25-23-10-9-22-17-27(31)21(14-16-30)18-29(22,5)26(23)13-15-28(24,25)4/h17,19-21,23-26H,6-16,18H2,1-5H3/t20-,21+,23+,24-,25+,26+,28-,29+/m1/s1. The summed E-state index contributed by atoms with van der Waals surface area (Å²) in [5.74, 6) is 6.07. The Bertz CT molecular complexity index is 695. The number of hydrogen-bond donors (Lipinski definition) is 0. The lowest BCUT2D eigenvalue weighted by Crippen LogP contribution is -2.52. The van der Waals surface area contributed by atoms with Crippen LogP contribution in [0.25, 0.3) is 0 Å². The largest absolute Gasteiger partial charge is 0.295 e. The van der Waals surface area contributed by atoms with Crippen LogP contribution >= 0.6 is 22.6 Å². The molecule has 31 heavy (non-hydrogen) atoms. The van der Waals surface area contributed by atoms with Gasteiger partial charge >= 0.3 is 0 Å². The summed E-state index contributed by atoms with van der Waals surface area (Å²) in [4.78, 5) is 12.7. The van der Waals surface area contributed by atoms with Gasteiger partial charge in [-0.15, -0.1) is 0 Å². The van der Waals surface area contributed by atoms with E-state index in [0.717, 1.165) is 52.8 Å². The lowest BCUT2D eigenvalue weighted by molar-refractivity contribution is -0.122. The van der Waals surface area contributed by atoms with Crippen LogP contribution in [0.1, 0.15) is 105 Å². The van der Waals surface area contributed by atoms with Gasteiger partial charge in [-0.3, -0.25) is 4.79 Å². The van der Waals surface area contributed by atoms with Gasteiger partial charge in [-0.1, -0.05) is 82.0 Å². The van der Waals surface area contributed by atoms with Crippen LogP contribution in [0.3, 0.4) is 0 Å². The van der Waals surface area contributed by atoms with Crippen LogP contribution in [0.15, 0.2) is 11.6 Å². The molecule has 0 aliphatic heterocycles. The van der Waals surface area contributed by atoms with Gasteiger partial charge in [-0.2, -0.15) is 0 Å². The number of ketones is 1. The molecule has 0 amide bonds. The summed E-state index contributed by atoms with van der Waals surface area (Å²) in [5, 5.41) is 0. The van der Waals surface area contributed by atoms with Crippen molar-refractivity contribution in [1.29, 1.82) is 0 Å². The van der Waals surface area contributed by atoms with E-state index in [2.05, 4.69) is 63.3 Å². The fourth-order valence-electron chi connectivity index (χ4n) is 9.15. The average Bonchev–Trinajstić information content (AvgIpc) is 3.06. The van der Waals surface area contributed by atoms with Crippen LogP contribution in [0.5, 0.6) is 0 Å². The monoisotopic (exact) mass is 538 g/mol. The number of carbonyl (C=O) groups is 1. The summed E-state index contributed by atoms with van der Waals surface area (Å²) in [6.07, 6.45) is 16.9. The molecule has 4 aliphatic rings. The number of carbonyl (C=O) groups excluding carboxylic acids is 1. The molecule has 0 radical (unpaired) electrons. The fourth-order valence-corrected chi connectivity index (χ4v) is 9.90. The predicted octanol–water partition coefficient (Wildman–Crippen LogP) is 8.65. The molecule has 2 heteroatoms. The van der Waals surface area contributed by atoms with Crippen molar-refractivity contribution in [2.45, 2.75) is 105 Å². The minimum absolute atomic E-state index is 0.287. The van der Waals surface area contributed by atoms with E-state index in [9.17, 15) is 4.79 Å². The zero-order valence-electron chi connectivity index (χ0n) is 20.9. The number of alkyl halides is 1. The average molecular weight is 539 g/mol. The molecule has 0 aromatic rings. The molecular weight excluding hydrogens is 491 g/mol. The molecule has 3 saturated carbocycles. The quantitative estimate of drug-likeness (QED) is 0.234. The predicted molar refractivity (Wildman–Crippen MR) is 140 cm³/mol. The molecule has 0 heterocycles. The lowest BCUT2D eigenvalue weighted by Gasteiger charge is -2.59. The SMILES string of the molecule is CC(C)CCC[C@@H](C)[C@H]1CC[C@H]2[C@@H]3CCC4=CC(=O)[C@@H](CCI)C[C@]4(C)[C@H]3CC[C@]12C. The summed E-state index contributed by atoms with van der Waals surface area (Å²) in [6, 6.07) is 0. The van der Waals surface area contributed by atoms with Crippen molar-refractivity contribution in [3.8, 4) is 0 Å². The molecule has 0 aromatic carbocycles. The van der Waals surface area contributed by atoms with Crippen molar-refractivity contribution >= 4 is 28.4 Å². The number of rotatable bonds is 7. The van der Waals surface area contributed by atoms with Gasteiger partial charge in [0.15, 0.2) is 5.78 Å². The Labute approximate surface area is 206 Å². The summed E-state index contributed by atoms with van der Waals surface area (Å²) >= 11 is 2.46. The van der Waals surface area contributed by atoms with Crippen molar-refractivity contribution in [2.24, 2.45) is 52.3 Å². The Kier molecular flexibility index (Phi) is 7.37. The maximum absolute atomic E-state index is 12.7. The van der Waals surface area contributed by atoms with Gasteiger partial charge in [0.05, 0.1) is 0 Å². The third-order valence-electron chi connectivity index (χ3n) is 10.8. The summed E-state index contributed by atoms with van der Waals surface area (Å²) < 4.78 is 1.11. The van der Waals surface area contributed by atoms with Crippen LogP contribution in [-0.4, -0.2) is 10.2 Å². The van der Waals surface area contributed by atoms with E-state index in [1.807, 2.05) is 0 Å². The van der Waals surface area contributed by atoms with Crippen molar-refractivity contribution in [2.75, 3.05) is 4.43 Å². The van der Waals surface area contributed by atoms with Crippen LogP contribution in [0, 0.1) is 52.3 Å².